The number of aromatic nitrogens is 4. The first-order valence-corrected chi connectivity index (χ1v) is 11.9. The molecule has 2 aliphatic rings. The molecule has 0 aliphatic carbocycles. The van der Waals surface area contributed by atoms with Crippen LogP contribution in [0.5, 0.6) is 17.2 Å². The van der Waals surface area contributed by atoms with Crippen LogP contribution in [0.1, 0.15) is 37.7 Å². The molecule has 0 saturated carbocycles. The van der Waals surface area contributed by atoms with E-state index < -0.39 is 0 Å². The fourth-order valence-corrected chi connectivity index (χ4v) is 4.72. The third-order valence-corrected chi connectivity index (χ3v) is 6.51. The average molecular weight is 465 g/mol. The summed E-state index contributed by atoms with van der Waals surface area (Å²) in [5.41, 5.74) is 2.32. The number of piperazine rings is 1. The molecule has 2 aromatic carbocycles. The van der Waals surface area contributed by atoms with E-state index in [-0.39, 0.29) is 12.8 Å². The van der Waals surface area contributed by atoms with Gasteiger partial charge in [-0.1, -0.05) is 19.9 Å². The summed E-state index contributed by atoms with van der Waals surface area (Å²) in [7, 11) is 1.70. The Hall–Kier alpha value is -3.33. The number of methoxy groups -OCH3 is 1. The molecule has 3 aromatic rings. The highest BCUT2D eigenvalue weighted by molar-refractivity contribution is 5.49. The summed E-state index contributed by atoms with van der Waals surface area (Å²) in [6, 6.07) is 14.5. The van der Waals surface area contributed by atoms with E-state index in [1.807, 2.05) is 35.0 Å². The van der Waals surface area contributed by atoms with Crippen LogP contribution in [0.15, 0.2) is 42.5 Å². The SMILES string of the molecule is COc1ccc(N2CCN(C(CC(C)C)c3nnnn3Cc3ccc4c(c3)OCO4)CC2)cc1. The molecule has 1 saturated heterocycles. The first-order valence-electron chi connectivity index (χ1n) is 11.9. The summed E-state index contributed by atoms with van der Waals surface area (Å²) in [6.45, 7) is 9.22. The van der Waals surface area contributed by atoms with Gasteiger partial charge in [0.05, 0.1) is 19.7 Å². The minimum atomic E-state index is 0.169. The van der Waals surface area contributed by atoms with E-state index in [4.69, 9.17) is 14.2 Å². The molecule has 9 heteroatoms. The molecule has 34 heavy (non-hydrogen) atoms. The van der Waals surface area contributed by atoms with Crippen LogP contribution in [0.3, 0.4) is 0 Å². The summed E-state index contributed by atoms with van der Waals surface area (Å²) in [6.07, 6.45) is 1.00. The molecule has 9 nitrogen and oxygen atoms in total. The molecule has 0 radical (unpaired) electrons. The Morgan fingerprint density at radius 2 is 1.74 bits per heavy atom. The van der Waals surface area contributed by atoms with Crippen molar-refractivity contribution in [3.05, 3.63) is 53.9 Å². The van der Waals surface area contributed by atoms with E-state index >= 15 is 0 Å². The summed E-state index contributed by atoms with van der Waals surface area (Å²) in [5.74, 6) is 3.90. The molecule has 180 valence electrons. The molecule has 1 fully saturated rings. The second-order valence-corrected chi connectivity index (χ2v) is 9.25. The first kappa shape index (κ1) is 22.5. The molecule has 5 rings (SSSR count). The zero-order valence-electron chi connectivity index (χ0n) is 20.1. The molecule has 0 bridgehead atoms. The molecule has 3 heterocycles. The summed E-state index contributed by atoms with van der Waals surface area (Å²) >= 11 is 0. The largest absolute Gasteiger partial charge is 0.497 e. The van der Waals surface area contributed by atoms with Crippen molar-refractivity contribution in [1.82, 2.24) is 25.1 Å². The van der Waals surface area contributed by atoms with Crippen LogP contribution in [-0.2, 0) is 6.54 Å². The standard InChI is InChI=1S/C25H32N6O3/c1-18(2)14-22(30-12-10-29(11-13-30)20-5-7-21(32-3)8-6-20)25-26-27-28-31(25)16-19-4-9-23-24(15-19)34-17-33-23/h4-9,15,18,22H,10-14,16-17H2,1-3H3. The summed E-state index contributed by atoms with van der Waals surface area (Å²) < 4.78 is 18.2. The Kier molecular flexibility index (Phi) is 6.53. The predicted octanol–water partition coefficient (Wildman–Crippen LogP) is 3.37. The van der Waals surface area contributed by atoms with E-state index in [1.54, 1.807) is 7.11 Å². The minimum absolute atomic E-state index is 0.169. The molecular weight excluding hydrogens is 432 g/mol. The monoisotopic (exact) mass is 464 g/mol. The minimum Gasteiger partial charge on any atom is -0.497 e. The van der Waals surface area contributed by atoms with Gasteiger partial charge in [-0.25, -0.2) is 4.68 Å². The topological polar surface area (TPSA) is 77.8 Å². The zero-order valence-corrected chi connectivity index (χ0v) is 20.1. The molecule has 2 aliphatic heterocycles. The number of fused-ring (bicyclic) bond motifs is 1. The molecule has 1 atom stereocenters. The van der Waals surface area contributed by atoms with Gasteiger partial charge < -0.3 is 19.1 Å². The van der Waals surface area contributed by atoms with Crippen molar-refractivity contribution in [1.29, 1.82) is 0 Å². The lowest BCUT2D eigenvalue weighted by molar-refractivity contribution is 0.153. The van der Waals surface area contributed by atoms with Crippen molar-refractivity contribution in [3.8, 4) is 17.2 Å². The van der Waals surface area contributed by atoms with E-state index in [9.17, 15) is 0 Å². The van der Waals surface area contributed by atoms with Gasteiger partial charge >= 0.3 is 0 Å². The lowest BCUT2D eigenvalue weighted by Gasteiger charge is -2.40. The van der Waals surface area contributed by atoms with Gasteiger partial charge in [0.15, 0.2) is 17.3 Å². The number of hydrogen-bond donors (Lipinski definition) is 0. The van der Waals surface area contributed by atoms with Crippen LogP contribution in [0.2, 0.25) is 0 Å². The maximum Gasteiger partial charge on any atom is 0.231 e. The maximum absolute atomic E-state index is 5.54. The van der Waals surface area contributed by atoms with Crippen molar-refractivity contribution >= 4 is 5.69 Å². The molecule has 0 N–H and O–H groups in total. The molecule has 0 amide bonds. The van der Waals surface area contributed by atoms with Crippen molar-refractivity contribution in [2.75, 3.05) is 45.0 Å². The van der Waals surface area contributed by atoms with Crippen LogP contribution in [0.25, 0.3) is 0 Å². The average Bonchev–Trinajstić information content (AvgIpc) is 3.52. The Morgan fingerprint density at radius 1 is 0.971 bits per heavy atom. The van der Waals surface area contributed by atoms with Crippen LogP contribution in [-0.4, -0.2) is 65.2 Å². The second kappa shape index (κ2) is 9.89. The van der Waals surface area contributed by atoms with Gasteiger partial charge in [-0.15, -0.1) is 5.10 Å². The van der Waals surface area contributed by atoms with Crippen molar-refractivity contribution in [2.24, 2.45) is 5.92 Å². The number of hydrogen-bond acceptors (Lipinski definition) is 8. The highest BCUT2D eigenvalue weighted by Gasteiger charge is 2.30. The van der Waals surface area contributed by atoms with Gasteiger partial charge in [-0.05, 0) is 64.7 Å². The molecular formula is C25H32N6O3. The van der Waals surface area contributed by atoms with E-state index in [2.05, 4.69) is 51.3 Å². The predicted molar refractivity (Wildman–Crippen MR) is 128 cm³/mol. The smallest absolute Gasteiger partial charge is 0.231 e. The van der Waals surface area contributed by atoms with E-state index in [0.29, 0.717) is 12.5 Å². The van der Waals surface area contributed by atoms with E-state index in [1.165, 1.54) is 5.69 Å². The highest BCUT2D eigenvalue weighted by atomic mass is 16.7. The van der Waals surface area contributed by atoms with Crippen LogP contribution in [0.4, 0.5) is 5.69 Å². The second-order valence-electron chi connectivity index (χ2n) is 9.25. The lowest BCUT2D eigenvalue weighted by Crippen LogP contribution is -2.48. The van der Waals surface area contributed by atoms with Gasteiger partial charge in [-0.3, -0.25) is 4.90 Å². The third kappa shape index (κ3) is 4.79. The number of ether oxygens (including phenoxy) is 3. The number of rotatable bonds is 8. The molecule has 1 aromatic heterocycles. The number of benzene rings is 2. The fourth-order valence-electron chi connectivity index (χ4n) is 4.72. The van der Waals surface area contributed by atoms with Gasteiger partial charge in [-0.2, -0.15) is 0 Å². The Morgan fingerprint density at radius 3 is 2.47 bits per heavy atom. The maximum atomic E-state index is 5.54. The van der Waals surface area contributed by atoms with Crippen LogP contribution in [0, 0.1) is 5.92 Å². The third-order valence-electron chi connectivity index (χ3n) is 6.51. The van der Waals surface area contributed by atoms with Gasteiger partial charge in [0, 0.05) is 31.9 Å². The van der Waals surface area contributed by atoms with E-state index in [0.717, 1.165) is 61.2 Å². The first-order chi connectivity index (χ1) is 16.6. The van der Waals surface area contributed by atoms with Crippen molar-refractivity contribution < 1.29 is 14.2 Å². The van der Waals surface area contributed by atoms with Gasteiger partial charge in [0.2, 0.25) is 6.79 Å². The number of anilines is 1. The van der Waals surface area contributed by atoms with Crippen LogP contribution >= 0.6 is 0 Å². The molecule has 0 spiro atoms. The normalized spacial score (nSPS) is 16.8. The van der Waals surface area contributed by atoms with Crippen LogP contribution < -0.4 is 19.1 Å². The quantitative estimate of drug-likeness (QED) is 0.502. The zero-order chi connectivity index (χ0) is 23.5. The fraction of sp³-hybridized carbons (Fsp3) is 0.480. The Balaban J connectivity index is 1.30. The lowest BCUT2D eigenvalue weighted by atomic mass is 10.0. The van der Waals surface area contributed by atoms with Crippen molar-refractivity contribution in [2.45, 2.75) is 32.9 Å². The Labute approximate surface area is 200 Å². The van der Waals surface area contributed by atoms with Gasteiger partial charge in [0.1, 0.15) is 5.75 Å². The summed E-state index contributed by atoms with van der Waals surface area (Å²) in [5, 5.41) is 12.9. The number of nitrogens with zero attached hydrogens (tertiary/aromatic N) is 6. The van der Waals surface area contributed by atoms with Crippen molar-refractivity contribution in [3.63, 3.8) is 0 Å². The molecule has 1 unspecified atom stereocenters. The van der Waals surface area contributed by atoms with Gasteiger partial charge in [0.25, 0.3) is 0 Å². The Bertz CT molecular complexity index is 1090. The highest BCUT2D eigenvalue weighted by Crippen LogP contribution is 2.33. The summed E-state index contributed by atoms with van der Waals surface area (Å²) in [4.78, 5) is 4.96. The number of tetrazole rings is 1.